The molecule has 0 radical (unpaired) electrons. The van der Waals surface area contributed by atoms with E-state index in [9.17, 15) is 15.0 Å². The van der Waals surface area contributed by atoms with E-state index in [0.29, 0.717) is 12.2 Å². The van der Waals surface area contributed by atoms with Gasteiger partial charge in [0.05, 0.1) is 0 Å². The molecule has 0 spiro atoms. The minimum atomic E-state index is -0.282. The Morgan fingerprint density at radius 1 is 1.35 bits per heavy atom. The van der Waals surface area contributed by atoms with Crippen LogP contribution in [0.25, 0.3) is 0 Å². The summed E-state index contributed by atoms with van der Waals surface area (Å²) in [6.07, 6.45) is 0.461. The Labute approximate surface area is 116 Å². The summed E-state index contributed by atoms with van der Waals surface area (Å²) in [5.74, 6) is -0.288. The lowest BCUT2D eigenvalue weighted by atomic mass is 10.00. The van der Waals surface area contributed by atoms with Crippen LogP contribution in [0.5, 0.6) is 11.5 Å². The van der Waals surface area contributed by atoms with Gasteiger partial charge in [-0.1, -0.05) is 13.0 Å². The lowest BCUT2D eigenvalue weighted by Crippen LogP contribution is -2.22. The summed E-state index contributed by atoms with van der Waals surface area (Å²) in [4.78, 5) is 12.0. The number of phenolic OH excluding ortho intramolecular Hbond substituents is 2. The summed E-state index contributed by atoms with van der Waals surface area (Å²) < 4.78 is 0. The van der Waals surface area contributed by atoms with Crippen molar-refractivity contribution in [2.24, 2.45) is 5.92 Å². The van der Waals surface area contributed by atoms with Crippen molar-refractivity contribution in [3.05, 3.63) is 35.5 Å². The van der Waals surface area contributed by atoms with Crippen LogP contribution in [0, 0.1) is 12.8 Å². The Balaban J connectivity index is 1.98. The van der Waals surface area contributed by atoms with E-state index >= 15 is 0 Å². The zero-order valence-electron chi connectivity index (χ0n) is 11.3. The number of hydrogen-bond donors (Lipinski definition) is 4. The SMILES string of the molecule is Cc1cc(NC(=O)C(C)Cc2ccc(O)c(O)c2)n[nH]1. The topological polar surface area (TPSA) is 98.2 Å². The second-order valence-corrected chi connectivity index (χ2v) is 4.85. The first kappa shape index (κ1) is 13.9. The number of aryl methyl sites for hydroxylation is 1. The summed E-state index contributed by atoms with van der Waals surface area (Å²) in [6, 6.07) is 6.29. The normalized spacial score (nSPS) is 12.1. The molecule has 6 nitrogen and oxygen atoms in total. The summed E-state index contributed by atoms with van der Waals surface area (Å²) >= 11 is 0. The molecular formula is C14H17N3O3. The third-order valence-electron chi connectivity index (χ3n) is 2.99. The highest BCUT2D eigenvalue weighted by Gasteiger charge is 2.15. The van der Waals surface area contributed by atoms with Crippen molar-refractivity contribution < 1.29 is 15.0 Å². The Bertz CT molecular complexity index is 622. The van der Waals surface area contributed by atoms with Gasteiger partial charge in [0.25, 0.3) is 0 Å². The van der Waals surface area contributed by atoms with Gasteiger partial charge < -0.3 is 15.5 Å². The molecule has 1 heterocycles. The average molecular weight is 275 g/mol. The van der Waals surface area contributed by atoms with Crippen LogP contribution in [0.1, 0.15) is 18.2 Å². The molecule has 1 aromatic heterocycles. The van der Waals surface area contributed by atoms with Crippen LogP contribution in [0.3, 0.4) is 0 Å². The highest BCUT2D eigenvalue weighted by molar-refractivity contribution is 5.91. The fourth-order valence-electron chi connectivity index (χ4n) is 1.87. The first-order valence-electron chi connectivity index (χ1n) is 6.29. The van der Waals surface area contributed by atoms with Crippen LogP contribution >= 0.6 is 0 Å². The number of nitrogens with zero attached hydrogens (tertiary/aromatic N) is 1. The van der Waals surface area contributed by atoms with E-state index in [1.54, 1.807) is 19.1 Å². The monoisotopic (exact) mass is 275 g/mol. The van der Waals surface area contributed by atoms with Crippen molar-refractivity contribution in [1.29, 1.82) is 0 Å². The maximum absolute atomic E-state index is 12.0. The van der Waals surface area contributed by atoms with Gasteiger partial charge in [-0.2, -0.15) is 5.10 Å². The number of aromatic nitrogens is 2. The van der Waals surface area contributed by atoms with Crippen LogP contribution in [0.2, 0.25) is 0 Å². The number of hydrogen-bond acceptors (Lipinski definition) is 4. The zero-order valence-corrected chi connectivity index (χ0v) is 11.3. The number of aromatic amines is 1. The Kier molecular flexibility index (Phi) is 3.93. The predicted octanol–water partition coefficient (Wildman–Crippen LogP) is 1.95. The molecule has 20 heavy (non-hydrogen) atoms. The Hall–Kier alpha value is -2.50. The van der Waals surface area contributed by atoms with Gasteiger partial charge in [-0.15, -0.1) is 0 Å². The van der Waals surface area contributed by atoms with E-state index in [1.807, 2.05) is 6.92 Å². The van der Waals surface area contributed by atoms with Crippen molar-refractivity contribution >= 4 is 11.7 Å². The molecule has 106 valence electrons. The summed E-state index contributed by atoms with van der Waals surface area (Å²) in [5.41, 5.74) is 1.65. The van der Waals surface area contributed by atoms with Crippen molar-refractivity contribution in [3.8, 4) is 11.5 Å². The molecule has 2 rings (SSSR count). The van der Waals surface area contributed by atoms with Gasteiger partial charge in [0.15, 0.2) is 17.3 Å². The van der Waals surface area contributed by atoms with Crippen molar-refractivity contribution in [3.63, 3.8) is 0 Å². The van der Waals surface area contributed by atoms with Crippen LogP contribution < -0.4 is 5.32 Å². The van der Waals surface area contributed by atoms with E-state index in [4.69, 9.17) is 0 Å². The lowest BCUT2D eigenvalue weighted by molar-refractivity contribution is -0.119. The van der Waals surface area contributed by atoms with E-state index in [2.05, 4.69) is 15.5 Å². The summed E-state index contributed by atoms with van der Waals surface area (Å²) in [7, 11) is 0. The number of phenols is 2. The van der Waals surface area contributed by atoms with E-state index < -0.39 is 0 Å². The van der Waals surface area contributed by atoms with Gasteiger partial charge in [-0.3, -0.25) is 9.89 Å². The van der Waals surface area contributed by atoms with Crippen LogP contribution in [0.15, 0.2) is 24.3 Å². The number of anilines is 1. The molecule has 0 aliphatic heterocycles. The molecule has 1 unspecified atom stereocenters. The minimum Gasteiger partial charge on any atom is -0.504 e. The second-order valence-electron chi connectivity index (χ2n) is 4.85. The molecule has 1 atom stereocenters. The maximum atomic E-state index is 12.0. The van der Waals surface area contributed by atoms with Crippen LogP contribution in [0.4, 0.5) is 5.82 Å². The highest BCUT2D eigenvalue weighted by atomic mass is 16.3. The van der Waals surface area contributed by atoms with Gasteiger partial charge in [0, 0.05) is 17.7 Å². The molecule has 0 saturated heterocycles. The molecule has 1 amide bonds. The third kappa shape index (κ3) is 3.28. The third-order valence-corrected chi connectivity index (χ3v) is 2.99. The van der Waals surface area contributed by atoms with E-state index in [-0.39, 0.29) is 23.3 Å². The molecule has 0 saturated carbocycles. The molecule has 1 aromatic carbocycles. The zero-order chi connectivity index (χ0) is 14.7. The first-order chi connectivity index (χ1) is 9.45. The number of H-pyrrole nitrogens is 1. The Morgan fingerprint density at radius 3 is 2.70 bits per heavy atom. The highest BCUT2D eigenvalue weighted by Crippen LogP contribution is 2.26. The quantitative estimate of drug-likeness (QED) is 0.641. The molecule has 6 heteroatoms. The van der Waals surface area contributed by atoms with Gasteiger partial charge in [-0.25, -0.2) is 0 Å². The molecular weight excluding hydrogens is 258 g/mol. The van der Waals surface area contributed by atoms with Crippen LogP contribution in [-0.4, -0.2) is 26.3 Å². The fourth-order valence-corrected chi connectivity index (χ4v) is 1.87. The minimum absolute atomic E-state index is 0.149. The van der Waals surface area contributed by atoms with Crippen molar-refractivity contribution in [2.75, 3.05) is 5.32 Å². The number of rotatable bonds is 4. The standard InChI is InChI=1S/C14H17N3O3/c1-8(5-10-3-4-11(18)12(19)7-10)14(20)15-13-6-9(2)16-17-13/h3-4,6-8,18-19H,5H2,1-2H3,(H2,15,16,17,20). The number of benzene rings is 1. The number of carbonyl (C=O) groups is 1. The number of carbonyl (C=O) groups excluding carboxylic acids is 1. The second kappa shape index (κ2) is 5.64. The van der Waals surface area contributed by atoms with Gasteiger partial charge in [-0.05, 0) is 31.0 Å². The number of nitrogens with one attached hydrogen (secondary N) is 2. The number of aromatic hydroxyl groups is 2. The smallest absolute Gasteiger partial charge is 0.228 e. The molecule has 0 fully saturated rings. The Morgan fingerprint density at radius 2 is 2.10 bits per heavy atom. The van der Waals surface area contributed by atoms with Crippen LogP contribution in [-0.2, 0) is 11.2 Å². The molecule has 0 aliphatic rings. The van der Waals surface area contributed by atoms with E-state index in [0.717, 1.165) is 11.3 Å². The predicted molar refractivity (Wildman–Crippen MR) is 74.6 cm³/mol. The van der Waals surface area contributed by atoms with Gasteiger partial charge in [0.1, 0.15) is 0 Å². The molecule has 4 N–H and O–H groups in total. The largest absolute Gasteiger partial charge is 0.504 e. The fraction of sp³-hybridized carbons (Fsp3) is 0.286. The average Bonchev–Trinajstić information content (AvgIpc) is 2.79. The summed E-state index contributed by atoms with van der Waals surface area (Å²) in [5, 5.41) is 28.1. The van der Waals surface area contributed by atoms with Crippen molar-refractivity contribution in [1.82, 2.24) is 10.2 Å². The first-order valence-corrected chi connectivity index (χ1v) is 6.29. The molecule has 0 bridgehead atoms. The van der Waals surface area contributed by atoms with Crippen molar-refractivity contribution in [2.45, 2.75) is 20.3 Å². The number of amides is 1. The maximum Gasteiger partial charge on any atom is 0.228 e. The molecule has 2 aromatic rings. The summed E-state index contributed by atoms with van der Waals surface area (Å²) in [6.45, 7) is 3.64. The lowest BCUT2D eigenvalue weighted by Gasteiger charge is -2.11. The van der Waals surface area contributed by atoms with E-state index in [1.165, 1.54) is 12.1 Å². The molecule has 0 aliphatic carbocycles. The van der Waals surface area contributed by atoms with Gasteiger partial charge >= 0.3 is 0 Å². The van der Waals surface area contributed by atoms with Gasteiger partial charge in [0.2, 0.25) is 5.91 Å².